The Morgan fingerprint density at radius 3 is 2.55 bits per heavy atom. The Morgan fingerprint density at radius 2 is 1.83 bits per heavy atom. The van der Waals surface area contributed by atoms with Gasteiger partial charge < -0.3 is 5.32 Å². The second-order valence-corrected chi connectivity index (χ2v) is 11.1. The molecule has 1 aromatic rings. The maximum atomic E-state index is 12.8. The van der Waals surface area contributed by atoms with E-state index >= 15 is 0 Å². The first-order chi connectivity index (χ1) is 13.8. The van der Waals surface area contributed by atoms with Crippen molar-refractivity contribution < 1.29 is 4.79 Å². The Balaban J connectivity index is 1.52. The molecule has 4 rings (SSSR count). The first-order valence-corrected chi connectivity index (χ1v) is 12.2. The summed E-state index contributed by atoms with van der Waals surface area (Å²) in [6, 6.07) is 7.30. The molecule has 1 aromatic carbocycles. The van der Waals surface area contributed by atoms with Crippen molar-refractivity contribution >= 4 is 5.91 Å². The minimum Gasteiger partial charge on any atom is -0.355 e. The van der Waals surface area contributed by atoms with E-state index in [1.807, 2.05) is 0 Å². The van der Waals surface area contributed by atoms with E-state index in [1.54, 1.807) is 11.1 Å². The molecule has 29 heavy (non-hydrogen) atoms. The Kier molecular flexibility index (Phi) is 5.84. The van der Waals surface area contributed by atoms with Crippen molar-refractivity contribution in [3.8, 4) is 0 Å². The molecule has 3 aliphatic rings. The van der Waals surface area contributed by atoms with Crippen LogP contribution in [0.15, 0.2) is 18.2 Å². The second-order valence-electron chi connectivity index (χ2n) is 11.1. The van der Waals surface area contributed by atoms with Crippen LogP contribution in [0, 0.1) is 17.3 Å². The quantitative estimate of drug-likeness (QED) is 0.618. The van der Waals surface area contributed by atoms with Gasteiger partial charge in [0.2, 0.25) is 5.91 Å². The molecule has 0 saturated heterocycles. The summed E-state index contributed by atoms with van der Waals surface area (Å²) < 4.78 is 0. The van der Waals surface area contributed by atoms with E-state index in [-0.39, 0.29) is 16.7 Å². The van der Waals surface area contributed by atoms with E-state index in [1.165, 1.54) is 56.9 Å². The number of benzene rings is 1. The average molecular weight is 396 g/mol. The van der Waals surface area contributed by atoms with Gasteiger partial charge >= 0.3 is 0 Å². The zero-order valence-electron chi connectivity index (χ0n) is 19.2. The predicted molar refractivity (Wildman–Crippen MR) is 121 cm³/mol. The van der Waals surface area contributed by atoms with Crippen LogP contribution in [-0.4, -0.2) is 12.5 Å². The van der Waals surface area contributed by atoms with Crippen LogP contribution in [0.5, 0.6) is 0 Å². The molecule has 1 amide bonds. The lowest BCUT2D eigenvalue weighted by atomic mass is 9.49. The van der Waals surface area contributed by atoms with Crippen molar-refractivity contribution in [2.75, 3.05) is 6.54 Å². The lowest BCUT2D eigenvalue weighted by Crippen LogP contribution is -2.53. The maximum Gasteiger partial charge on any atom is 0.223 e. The number of aryl methyl sites for hydroxylation is 1. The van der Waals surface area contributed by atoms with Gasteiger partial charge in [0.25, 0.3) is 0 Å². The zero-order valence-corrected chi connectivity index (χ0v) is 19.2. The summed E-state index contributed by atoms with van der Waals surface area (Å²) in [4.78, 5) is 12.8. The van der Waals surface area contributed by atoms with Gasteiger partial charge in [0, 0.05) is 12.5 Å². The van der Waals surface area contributed by atoms with E-state index in [0.717, 1.165) is 19.4 Å². The summed E-state index contributed by atoms with van der Waals surface area (Å²) in [5.41, 5.74) is 5.13. The summed E-state index contributed by atoms with van der Waals surface area (Å²) in [7, 11) is 0. The number of rotatable bonds is 4. The van der Waals surface area contributed by atoms with E-state index in [0.29, 0.717) is 17.7 Å². The van der Waals surface area contributed by atoms with Gasteiger partial charge in [0.15, 0.2) is 0 Å². The third kappa shape index (κ3) is 3.89. The molecule has 2 heteroatoms. The van der Waals surface area contributed by atoms with Gasteiger partial charge in [0.1, 0.15) is 0 Å². The highest BCUT2D eigenvalue weighted by Crippen LogP contribution is 2.57. The van der Waals surface area contributed by atoms with Crippen molar-refractivity contribution in [2.45, 2.75) is 103 Å². The molecule has 0 bridgehead atoms. The van der Waals surface area contributed by atoms with Crippen molar-refractivity contribution in [1.82, 2.24) is 5.32 Å². The summed E-state index contributed by atoms with van der Waals surface area (Å²) in [6.07, 6.45) is 12.2. The van der Waals surface area contributed by atoms with Crippen LogP contribution in [0.3, 0.4) is 0 Å². The monoisotopic (exact) mass is 395 g/mol. The molecule has 0 aromatic heterocycles. The standard InChI is InChI=1S/C27H41NO/c1-19(2)21-11-13-23-22(17-21)12-14-24-26(3,15-8-16-27(23,24)4)18-28-25(29)20-9-6-5-7-10-20/h11,13,17,19-20,24H,5-10,12,14-16,18H2,1-4H3,(H,28,29)/t24-,26-,27+/m0/s1. The van der Waals surface area contributed by atoms with Gasteiger partial charge in [0.05, 0.1) is 0 Å². The number of hydrogen-bond acceptors (Lipinski definition) is 1. The molecule has 0 radical (unpaired) electrons. The molecular formula is C27H41NO. The fourth-order valence-corrected chi connectivity index (χ4v) is 7.01. The molecule has 3 atom stereocenters. The van der Waals surface area contributed by atoms with Crippen molar-refractivity contribution in [3.63, 3.8) is 0 Å². The van der Waals surface area contributed by atoms with Gasteiger partial charge in [-0.15, -0.1) is 0 Å². The molecule has 2 fully saturated rings. The third-order valence-corrected chi connectivity index (χ3v) is 8.81. The molecule has 0 aliphatic heterocycles. The zero-order chi connectivity index (χ0) is 20.6. The van der Waals surface area contributed by atoms with E-state index in [4.69, 9.17) is 0 Å². The van der Waals surface area contributed by atoms with Crippen LogP contribution >= 0.6 is 0 Å². The number of amides is 1. The van der Waals surface area contributed by atoms with Crippen LogP contribution in [0.1, 0.15) is 108 Å². The largest absolute Gasteiger partial charge is 0.355 e. The Hall–Kier alpha value is -1.31. The highest BCUT2D eigenvalue weighted by Gasteiger charge is 2.51. The normalized spacial score (nSPS) is 32.5. The molecule has 0 unspecified atom stereocenters. The van der Waals surface area contributed by atoms with Crippen molar-refractivity contribution in [3.05, 3.63) is 34.9 Å². The minimum absolute atomic E-state index is 0.214. The van der Waals surface area contributed by atoms with E-state index < -0.39 is 0 Å². The molecule has 0 spiro atoms. The minimum atomic E-state index is 0.214. The molecule has 1 N–H and O–H groups in total. The van der Waals surface area contributed by atoms with Gasteiger partial charge in [-0.2, -0.15) is 0 Å². The lowest BCUT2D eigenvalue weighted by molar-refractivity contribution is -0.127. The number of fused-ring (bicyclic) bond motifs is 3. The molecule has 2 nitrogen and oxygen atoms in total. The highest BCUT2D eigenvalue weighted by molar-refractivity contribution is 5.78. The smallest absolute Gasteiger partial charge is 0.223 e. The average Bonchev–Trinajstić information content (AvgIpc) is 2.72. The SMILES string of the molecule is CC(C)c1ccc2c(c1)CC[C@H]1[C@](C)(CNC(=O)C3CCCCC3)CCC[C@]21C. The van der Waals surface area contributed by atoms with Crippen molar-refractivity contribution in [1.29, 1.82) is 0 Å². The fourth-order valence-electron chi connectivity index (χ4n) is 7.01. The van der Waals surface area contributed by atoms with Crippen LogP contribution in [-0.2, 0) is 16.6 Å². The molecular weight excluding hydrogens is 354 g/mol. The van der Waals surface area contributed by atoms with E-state index in [9.17, 15) is 4.79 Å². The van der Waals surface area contributed by atoms with Gasteiger partial charge in [-0.05, 0) is 77.9 Å². The molecule has 160 valence electrons. The van der Waals surface area contributed by atoms with E-state index in [2.05, 4.69) is 51.2 Å². The molecule has 2 saturated carbocycles. The third-order valence-electron chi connectivity index (χ3n) is 8.81. The van der Waals surface area contributed by atoms with Gasteiger partial charge in [-0.25, -0.2) is 0 Å². The second kappa shape index (κ2) is 8.08. The number of hydrogen-bond donors (Lipinski definition) is 1. The topological polar surface area (TPSA) is 29.1 Å². The Morgan fingerprint density at radius 1 is 1.07 bits per heavy atom. The lowest BCUT2D eigenvalue weighted by Gasteiger charge is -2.55. The molecule has 3 aliphatic carbocycles. The van der Waals surface area contributed by atoms with Gasteiger partial charge in [-0.3, -0.25) is 4.79 Å². The summed E-state index contributed by atoms with van der Waals surface area (Å²) in [5, 5.41) is 3.42. The van der Waals surface area contributed by atoms with Crippen molar-refractivity contribution in [2.24, 2.45) is 17.3 Å². The number of nitrogens with one attached hydrogen (secondary N) is 1. The van der Waals surface area contributed by atoms with Crippen LogP contribution in [0.4, 0.5) is 0 Å². The Bertz CT molecular complexity index is 747. The highest BCUT2D eigenvalue weighted by atomic mass is 16.1. The first-order valence-electron chi connectivity index (χ1n) is 12.2. The summed E-state index contributed by atoms with van der Waals surface area (Å²) in [6.45, 7) is 10.4. The predicted octanol–water partition coefficient (Wildman–Crippen LogP) is 6.52. The Labute approximate surface area is 178 Å². The number of carbonyl (C=O) groups excluding carboxylic acids is 1. The number of carbonyl (C=O) groups is 1. The van der Waals surface area contributed by atoms with Crippen LogP contribution in [0.25, 0.3) is 0 Å². The van der Waals surface area contributed by atoms with Crippen LogP contribution < -0.4 is 5.32 Å². The van der Waals surface area contributed by atoms with Gasteiger partial charge in [-0.1, -0.05) is 71.6 Å². The summed E-state index contributed by atoms with van der Waals surface area (Å²) >= 11 is 0. The summed E-state index contributed by atoms with van der Waals surface area (Å²) in [5.74, 6) is 1.85. The fraction of sp³-hybridized carbons (Fsp3) is 0.741. The first kappa shape index (κ1) is 20.9. The van der Waals surface area contributed by atoms with Crippen LogP contribution in [0.2, 0.25) is 0 Å². The molecule has 0 heterocycles. The maximum absolute atomic E-state index is 12.8.